The predicted octanol–water partition coefficient (Wildman–Crippen LogP) is 5.40. The summed E-state index contributed by atoms with van der Waals surface area (Å²) in [6.07, 6.45) is 0. The third-order valence-corrected chi connectivity index (χ3v) is 5.90. The van der Waals surface area contributed by atoms with Crippen molar-refractivity contribution in [2.45, 2.75) is 6.92 Å². The molecule has 1 aromatic heterocycles. The molecule has 0 fully saturated rings. The zero-order chi connectivity index (χ0) is 23.4. The van der Waals surface area contributed by atoms with E-state index in [1.54, 1.807) is 18.3 Å². The summed E-state index contributed by atoms with van der Waals surface area (Å²) in [6.45, 7) is 2.00. The van der Waals surface area contributed by atoms with Gasteiger partial charge in [0.05, 0.1) is 21.7 Å². The van der Waals surface area contributed by atoms with Crippen LogP contribution in [0.3, 0.4) is 0 Å². The molecule has 8 nitrogen and oxygen atoms in total. The predicted molar refractivity (Wildman–Crippen MR) is 133 cm³/mol. The van der Waals surface area contributed by atoms with Crippen molar-refractivity contribution < 1.29 is 14.5 Å². The Balaban J connectivity index is 1.47. The number of nitro groups is 1. The second-order valence-electron chi connectivity index (χ2n) is 6.85. The van der Waals surface area contributed by atoms with E-state index in [9.17, 15) is 14.9 Å². The van der Waals surface area contributed by atoms with E-state index in [2.05, 4.69) is 15.6 Å². The number of amides is 1. The van der Waals surface area contributed by atoms with Gasteiger partial charge in [0.2, 0.25) is 0 Å². The number of hydrogen-bond donors (Lipinski definition) is 2. The van der Waals surface area contributed by atoms with Crippen LogP contribution in [0.2, 0.25) is 0 Å². The van der Waals surface area contributed by atoms with Crippen LogP contribution < -0.4 is 15.4 Å². The Labute approximate surface area is 198 Å². The molecule has 4 aromatic rings. The van der Waals surface area contributed by atoms with Crippen molar-refractivity contribution in [1.29, 1.82) is 0 Å². The molecular formula is C23H18N4O4S2. The van der Waals surface area contributed by atoms with E-state index >= 15 is 0 Å². The Hall–Kier alpha value is -3.89. The summed E-state index contributed by atoms with van der Waals surface area (Å²) >= 11 is 6.85. The Morgan fingerprint density at radius 1 is 1.15 bits per heavy atom. The van der Waals surface area contributed by atoms with Crippen LogP contribution >= 0.6 is 23.6 Å². The molecule has 0 aliphatic rings. The van der Waals surface area contributed by atoms with E-state index in [1.165, 1.54) is 12.1 Å². The monoisotopic (exact) mass is 478 g/mol. The molecule has 0 unspecified atom stereocenters. The van der Waals surface area contributed by atoms with Crippen molar-refractivity contribution in [2.24, 2.45) is 0 Å². The highest BCUT2D eigenvalue weighted by Crippen LogP contribution is 2.31. The van der Waals surface area contributed by atoms with Crippen molar-refractivity contribution in [1.82, 2.24) is 10.3 Å². The van der Waals surface area contributed by atoms with Gasteiger partial charge in [0.1, 0.15) is 5.01 Å². The fourth-order valence-corrected chi connectivity index (χ4v) is 4.31. The summed E-state index contributed by atoms with van der Waals surface area (Å²) in [5.41, 5.74) is 2.33. The zero-order valence-corrected chi connectivity index (χ0v) is 19.0. The topological polar surface area (TPSA) is 106 Å². The van der Waals surface area contributed by atoms with Gasteiger partial charge in [0.25, 0.3) is 5.91 Å². The van der Waals surface area contributed by atoms with Crippen LogP contribution in [0.4, 0.5) is 11.4 Å². The van der Waals surface area contributed by atoms with E-state index in [-0.39, 0.29) is 28.7 Å². The molecule has 4 rings (SSSR count). The number of nitro benzene ring substituents is 1. The highest BCUT2D eigenvalue weighted by molar-refractivity contribution is 7.80. The highest BCUT2D eigenvalue weighted by atomic mass is 32.1. The van der Waals surface area contributed by atoms with Gasteiger partial charge in [-0.15, -0.1) is 11.3 Å². The first-order valence-electron chi connectivity index (χ1n) is 9.94. The molecule has 0 saturated heterocycles. The number of benzene rings is 3. The number of aromatic nitrogens is 1. The maximum Gasteiger partial charge on any atom is 0.311 e. The van der Waals surface area contributed by atoms with Gasteiger partial charge in [-0.3, -0.25) is 20.2 Å². The molecule has 0 bridgehead atoms. The minimum Gasteiger partial charge on any atom is -0.487 e. The average molecular weight is 479 g/mol. The van der Waals surface area contributed by atoms with E-state index in [0.29, 0.717) is 5.69 Å². The molecule has 0 saturated carbocycles. The lowest BCUT2D eigenvalue weighted by Crippen LogP contribution is -2.34. The minimum atomic E-state index is -0.591. The van der Waals surface area contributed by atoms with Crippen LogP contribution in [0.15, 0.2) is 66.7 Å². The van der Waals surface area contributed by atoms with Crippen molar-refractivity contribution in [2.75, 3.05) is 11.9 Å². The quantitative estimate of drug-likeness (QED) is 0.217. The van der Waals surface area contributed by atoms with E-state index in [1.807, 2.05) is 48.5 Å². The van der Waals surface area contributed by atoms with Crippen molar-refractivity contribution in [3.63, 3.8) is 0 Å². The van der Waals surface area contributed by atoms with Gasteiger partial charge in [-0.25, -0.2) is 4.98 Å². The van der Waals surface area contributed by atoms with Crippen LogP contribution in [0.25, 0.3) is 20.8 Å². The Kier molecular flexibility index (Phi) is 6.57. The molecule has 0 atom stereocenters. The second-order valence-corrected chi connectivity index (χ2v) is 8.29. The summed E-state index contributed by atoms with van der Waals surface area (Å²) in [5, 5.41) is 17.8. The Bertz CT molecular complexity index is 1340. The standard InChI is InChI=1S/C23H18N4O4S2/c1-2-31-19-11-10-14(13-18(19)27(29)30)21(28)26-23(32)24-16-7-5-6-15(12-16)22-25-17-8-3-4-9-20(17)33-22/h3-13H,2H2,1H3,(H2,24,26,28,32). The lowest BCUT2D eigenvalue weighted by atomic mass is 10.1. The van der Waals surface area contributed by atoms with E-state index in [0.717, 1.165) is 26.9 Å². The second kappa shape index (κ2) is 9.72. The number of hydrogen-bond acceptors (Lipinski definition) is 7. The highest BCUT2D eigenvalue weighted by Gasteiger charge is 2.19. The van der Waals surface area contributed by atoms with Crippen LogP contribution in [-0.4, -0.2) is 27.5 Å². The molecule has 33 heavy (non-hydrogen) atoms. The lowest BCUT2D eigenvalue weighted by molar-refractivity contribution is -0.385. The Morgan fingerprint density at radius 2 is 1.97 bits per heavy atom. The number of rotatable bonds is 6. The van der Waals surface area contributed by atoms with Crippen LogP contribution in [0.5, 0.6) is 5.75 Å². The number of carbonyl (C=O) groups excluding carboxylic acids is 1. The number of nitrogens with zero attached hydrogens (tertiary/aromatic N) is 2. The van der Waals surface area contributed by atoms with Gasteiger partial charge in [-0.2, -0.15) is 0 Å². The normalized spacial score (nSPS) is 10.6. The fraction of sp³-hybridized carbons (Fsp3) is 0.0870. The van der Waals surface area contributed by atoms with Crippen LogP contribution in [-0.2, 0) is 0 Å². The summed E-state index contributed by atoms with van der Waals surface area (Å²) < 4.78 is 6.34. The number of anilines is 1. The average Bonchev–Trinajstić information content (AvgIpc) is 3.24. The summed E-state index contributed by atoms with van der Waals surface area (Å²) in [6, 6.07) is 19.4. The number of carbonyl (C=O) groups is 1. The van der Waals surface area contributed by atoms with Crippen molar-refractivity contribution >= 4 is 56.2 Å². The maximum absolute atomic E-state index is 12.6. The van der Waals surface area contributed by atoms with Gasteiger partial charge in [-0.1, -0.05) is 24.3 Å². The summed E-state index contributed by atoms with van der Waals surface area (Å²) in [5.74, 6) is -0.465. The van der Waals surface area contributed by atoms with Gasteiger partial charge < -0.3 is 10.1 Å². The maximum atomic E-state index is 12.6. The molecular weight excluding hydrogens is 460 g/mol. The SMILES string of the molecule is CCOc1ccc(C(=O)NC(=S)Nc2cccc(-c3nc4ccccc4s3)c2)cc1[N+](=O)[O-]. The smallest absolute Gasteiger partial charge is 0.311 e. The third kappa shape index (κ3) is 5.13. The Morgan fingerprint density at radius 3 is 2.73 bits per heavy atom. The molecule has 1 heterocycles. The fourth-order valence-electron chi connectivity index (χ4n) is 3.14. The molecule has 166 valence electrons. The van der Waals surface area contributed by atoms with E-state index in [4.69, 9.17) is 17.0 Å². The van der Waals surface area contributed by atoms with Crippen molar-refractivity contribution in [3.8, 4) is 16.3 Å². The summed E-state index contributed by atoms with van der Waals surface area (Å²) in [4.78, 5) is 27.9. The molecule has 10 heteroatoms. The van der Waals surface area contributed by atoms with Gasteiger partial charge >= 0.3 is 5.69 Å². The summed E-state index contributed by atoms with van der Waals surface area (Å²) in [7, 11) is 0. The van der Waals surface area contributed by atoms with Crippen LogP contribution in [0, 0.1) is 10.1 Å². The first-order valence-corrected chi connectivity index (χ1v) is 11.2. The van der Waals surface area contributed by atoms with Crippen molar-refractivity contribution in [3.05, 3.63) is 82.4 Å². The largest absolute Gasteiger partial charge is 0.487 e. The first kappa shape index (κ1) is 22.3. The van der Waals surface area contributed by atoms with Gasteiger partial charge in [0.15, 0.2) is 10.9 Å². The molecule has 2 N–H and O–H groups in total. The lowest BCUT2D eigenvalue weighted by Gasteiger charge is -2.11. The molecule has 0 spiro atoms. The molecule has 0 aliphatic carbocycles. The van der Waals surface area contributed by atoms with Crippen LogP contribution in [0.1, 0.15) is 17.3 Å². The number of ether oxygens (including phenoxy) is 1. The number of fused-ring (bicyclic) bond motifs is 1. The first-order chi connectivity index (χ1) is 15.9. The number of nitrogens with one attached hydrogen (secondary N) is 2. The molecule has 1 amide bonds. The molecule has 0 radical (unpaired) electrons. The molecule has 3 aromatic carbocycles. The third-order valence-electron chi connectivity index (χ3n) is 4.61. The van der Waals surface area contributed by atoms with E-state index < -0.39 is 10.8 Å². The minimum absolute atomic E-state index is 0.0676. The number of para-hydroxylation sites is 1. The number of thiocarbonyl (C=S) groups is 1. The van der Waals surface area contributed by atoms with Gasteiger partial charge in [-0.05, 0) is 55.5 Å². The number of thiazole rings is 1. The molecule has 0 aliphatic heterocycles. The van der Waals surface area contributed by atoms with Gasteiger partial charge in [0, 0.05) is 22.9 Å². The zero-order valence-electron chi connectivity index (χ0n) is 17.4.